The lowest BCUT2D eigenvalue weighted by molar-refractivity contribution is 1.07. The van der Waals surface area contributed by atoms with E-state index in [4.69, 9.17) is 11.6 Å². The molecule has 2 nitrogen and oxygen atoms in total. The van der Waals surface area contributed by atoms with E-state index in [0.29, 0.717) is 0 Å². The van der Waals surface area contributed by atoms with E-state index in [9.17, 15) is 0 Å². The van der Waals surface area contributed by atoms with Crippen molar-refractivity contribution in [3.8, 4) is 0 Å². The molecule has 0 spiro atoms. The smallest absolute Gasteiger partial charge is 0.0551 e. The molecule has 2 N–H and O–H groups in total. The largest absolute Gasteiger partial charge is 0.379 e. The molecule has 0 amide bonds. The van der Waals surface area contributed by atoms with Gasteiger partial charge in [0.25, 0.3) is 0 Å². The standard InChI is InChI=1S/C12H13ClN2/c1-9-7-10(13)4-5-12(9)15-8-11-3-2-6-14-11/h2-7,14-15H,8H2,1H3. The Bertz CT molecular complexity index is 435. The normalized spacial score (nSPS) is 10.3. The van der Waals surface area contributed by atoms with Crippen molar-refractivity contribution in [2.45, 2.75) is 13.5 Å². The second kappa shape index (κ2) is 4.41. The highest BCUT2D eigenvalue weighted by molar-refractivity contribution is 6.30. The number of benzene rings is 1. The molecule has 0 fully saturated rings. The Kier molecular flexibility index (Phi) is 2.97. The molecule has 0 bridgehead atoms. The summed E-state index contributed by atoms with van der Waals surface area (Å²) in [5.41, 5.74) is 3.45. The predicted molar refractivity (Wildman–Crippen MR) is 64.3 cm³/mol. The summed E-state index contributed by atoms with van der Waals surface area (Å²) < 4.78 is 0. The van der Waals surface area contributed by atoms with E-state index in [2.05, 4.69) is 16.4 Å². The third-order valence-corrected chi connectivity index (χ3v) is 2.56. The average molecular weight is 221 g/mol. The Morgan fingerprint density at radius 1 is 1.33 bits per heavy atom. The molecule has 0 unspecified atom stereocenters. The molecular formula is C12H13ClN2. The van der Waals surface area contributed by atoms with E-state index >= 15 is 0 Å². The van der Waals surface area contributed by atoms with Gasteiger partial charge in [0, 0.05) is 22.6 Å². The van der Waals surface area contributed by atoms with Gasteiger partial charge < -0.3 is 10.3 Å². The van der Waals surface area contributed by atoms with Gasteiger partial charge in [-0.3, -0.25) is 0 Å². The van der Waals surface area contributed by atoms with Crippen LogP contribution in [0.5, 0.6) is 0 Å². The molecule has 0 saturated carbocycles. The van der Waals surface area contributed by atoms with Crippen LogP contribution in [-0.4, -0.2) is 4.98 Å². The molecule has 78 valence electrons. The second-order valence-corrected chi connectivity index (χ2v) is 3.94. The van der Waals surface area contributed by atoms with E-state index in [1.54, 1.807) is 0 Å². The van der Waals surface area contributed by atoms with Crippen LogP contribution in [0, 0.1) is 6.92 Å². The van der Waals surface area contributed by atoms with Gasteiger partial charge in [-0.15, -0.1) is 0 Å². The molecule has 2 rings (SSSR count). The van der Waals surface area contributed by atoms with Gasteiger partial charge in [-0.25, -0.2) is 0 Å². The van der Waals surface area contributed by atoms with Crippen molar-refractivity contribution in [3.05, 3.63) is 52.8 Å². The highest BCUT2D eigenvalue weighted by atomic mass is 35.5. The highest BCUT2D eigenvalue weighted by Crippen LogP contribution is 2.19. The van der Waals surface area contributed by atoms with Crippen LogP contribution >= 0.6 is 11.6 Å². The zero-order valence-electron chi connectivity index (χ0n) is 8.55. The van der Waals surface area contributed by atoms with Gasteiger partial charge in [-0.05, 0) is 42.8 Å². The lowest BCUT2D eigenvalue weighted by Crippen LogP contribution is -2.00. The van der Waals surface area contributed by atoms with Crippen LogP contribution in [0.3, 0.4) is 0 Å². The van der Waals surface area contributed by atoms with Crippen molar-refractivity contribution in [2.75, 3.05) is 5.32 Å². The van der Waals surface area contributed by atoms with Crippen LogP contribution in [0.25, 0.3) is 0 Å². The second-order valence-electron chi connectivity index (χ2n) is 3.51. The van der Waals surface area contributed by atoms with Gasteiger partial charge in [-0.1, -0.05) is 11.6 Å². The zero-order chi connectivity index (χ0) is 10.7. The van der Waals surface area contributed by atoms with E-state index in [1.165, 1.54) is 5.69 Å². The molecule has 1 heterocycles. The number of nitrogens with one attached hydrogen (secondary N) is 2. The molecule has 2 aromatic rings. The molecule has 0 radical (unpaired) electrons. The summed E-state index contributed by atoms with van der Waals surface area (Å²) in [7, 11) is 0. The molecule has 1 aromatic carbocycles. The van der Waals surface area contributed by atoms with Crippen LogP contribution in [0.4, 0.5) is 5.69 Å². The van der Waals surface area contributed by atoms with Crippen LogP contribution in [-0.2, 0) is 6.54 Å². The number of hydrogen-bond acceptors (Lipinski definition) is 1. The summed E-state index contributed by atoms with van der Waals surface area (Å²) >= 11 is 5.88. The Morgan fingerprint density at radius 2 is 2.20 bits per heavy atom. The van der Waals surface area contributed by atoms with Crippen molar-refractivity contribution in [2.24, 2.45) is 0 Å². The Labute approximate surface area is 94.3 Å². The summed E-state index contributed by atoms with van der Waals surface area (Å²) in [6, 6.07) is 9.90. The molecule has 0 aliphatic carbocycles. The topological polar surface area (TPSA) is 27.8 Å². The lowest BCUT2D eigenvalue weighted by Gasteiger charge is -2.08. The first-order valence-corrected chi connectivity index (χ1v) is 5.26. The van der Waals surface area contributed by atoms with Gasteiger partial charge in [0.2, 0.25) is 0 Å². The summed E-state index contributed by atoms with van der Waals surface area (Å²) in [4.78, 5) is 3.15. The first-order chi connectivity index (χ1) is 7.25. The van der Waals surface area contributed by atoms with Crippen molar-refractivity contribution in [3.63, 3.8) is 0 Å². The maximum Gasteiger partial charge on any atom is 0.0551 e. The minimum absolute atomic E-state index is 0.776. The summed E-state index contributed by atoms with van der Waals surface area (Å²) in [5, 5.41) is 4.13. The molecule has 0 atom stereocenters. The fraction of sp³-hybridized carbons (Fsp3) is 0.167. The molecule has 1 aromatic heterocycles. The Morgan fingerprint density at radius 3 is 2.87 bits per heavy atom. The Balaban J connectivity index is 2.05. The number of anilines is 1. The zero-order valence-corrected chi connectivity index (χ0v) is 9.31. The third-order valence-electron chi connectivity index (χ3n) is 2.32. The SMILES string of the molecule is Cc1cc(Cl)ccc1NCc1ccc[nH]1. The monoisotopic (exact) mass is 220 g/mol. The number of H-pyrrole nitrogens is 1. The molecule has 0 aliphatic heterocycles. The maximum absolute atomic E-state index is 5.88. The number of hydrogen-bond donors (Lipinski definition) is 2. The van der Waals surface area contributed by atoms with Crippen molar-refractivity contribution in [1.82, 2.24) is 4.98 Å². The predicted octanol–water partition coefficient (Wildman–Crippen LogP) is 3.59. The molecule has 15 heavy (non-hydrogen) atoms. The van der Waals surface area contributed by atoms with Crippen molar-refractivity contribution >= 4 is 17.3 Å². The number of aryl methyl sites for hydroxylation is 1. The lowest BCUT2D eigenvalue weighted by atomic mass is 10.2. The quantitative estimate of drug-likeness (QED) is 0.813. The fourth-order valence-electron chi connectivity index (χ4n) is 1.49. The average Bonchev–Trinajstić information content (AvgIpc) is 2.69. The molecule has 0 saturated heterocycles. The molecular weight excluding hydrogens is 208 g/mol. The van der Waals surface area contributed by atoms with Crippen molar-refractivity contribution in [1.29, 1.82) is 0 Å². The van der Waals surface area contributed by atoms with E-state index in [-0.39, 0.29) is 0 Å². The minimum atomic E-state index is 0.776. The van der Waals surface area contributed by atoms with Gasteiger partial charge in [-0.2, -0.15) is 0 Å². The molecule has 3 heteroatoms. The number of aromatic nitrogens is 1. The first-order valence-electron chi connectivity index (χ1n) is 4.88. The van der Waals surface area contributed by atoms with Crippen LogP contribution in [0.2, 0.25) is 5.02 Å². The van der Waals surface area contributed by atoms with Crippen LogP contribution in [0.1, 0.15) is 11.3 Å². The van der Waals surface area contributed by atoms with Gasteiger partial charge >= 0.3 is 0 Å². The summed E-state index contributed by atoms with van der Waals surface area (Å²) in [5.74, 6) is 0. The van der Waals surface area contributed by atoms with E-state index in [0.717, 1.165) is 22.8 Å². The van der Waals surface area contributed by atoms with Gasteiger partial charge in [0.15, 0.2) is 0 Å². The summed E-state index contributed by atoms with van der Waals surface area (Å²) in [6.07, 6.45) is 1.92. The maximum atomic E-state index is 5.88. The summed E-state index contributed by atoms with van der Waals surface area (Å²) in [6.45, 7) is 2.85. The van der Waals surface area contributed by atoms with Crippen LogP contribution < -0.4 is 5.32 Å². The van der Waals surface area contributed by atoms with Crippen LogP contribution in [0.15, 0.2) is 36.5 Å². The highest BCUT2D eigenvalue weighted by Gasteiger charge is 1.98. The Hall–Kier alpha value is -1.41. The van der Waals surface area contributed by atoms with Gasteiger partial charge in [0.1, 0.15) is 0 Å². The van der Waals surface area contributed by atoms with E-state index < -0.39 is 0 Å². The number of rotatable bonds is 3. The van der Waals surface area contributed by atoms with Crippen molar-refractivity contribution < 1.29 is 0 Å². The fourth-order valence-corrected chi connectivity index (χ4v) is 1.72. The third kappa shape index (κ3) is 2.54. The minimum Gasteiger partial charge on any atom is -0.379 e. The van der Waals surface area contributed by atoms with Gasteiger partial charge in [0.05, 0.1) is 6.54 Å². The number of halogens is 1. The van der Waals surface area contributed by atoms with E-state index in [1.807, 2.05) is 37.4 Å². The molecule has 0 aliphatic rings. The number of aromatic amines is 1. The first kappa shape index (κ1) is 10.1.